The van der Waals surface area contributed by atoms with Crippen LogP contribution < -0.4 is 5.32 Å². The van der Waals surface area contributed by atoms with Crippen LogP contribution in [0, 0.1) is 11.8 Å². The molecule has 1 fully saturated rings. The molecule has 1 amide bonds. The fourth-order valence-corrected chi connectivity index (χ4v) is 4.59. The summed E-state index contributed by atoms with van der Waals surface area (Å²) in [6, 6.07) is 11.0. The quantitative estimate of drug-likeness (QED) is 0.753. The van der Waals surface area contributed by atoms with Gasteiger partial charge in [-0.25, -0.2) is 0 Å². The first kappa shape index (κ1) is 20.3. The van der Waals surface area contributed by atoms with Crippen LogP contribution >= 0.6 is 11.8 Å². The summed E-state index contributed by atoms with van der Waals surface area (Å²) < 4.78 is 0. The minimum absolute atomic E-state index is 0.0185. The van der Waals surface area contributed by atoms with E-state index in [9.17, 15) is 4.79 Å². The van der Waals surface area contributed by atoms with E-state index in [1.165, 1.54) is 24.9 Å². The van der Waals surface area contributed by atoms with Crippen molar-refractivity contribution < 1.29 is 4.79 Å². The van der Waals surface area contributed by atoms with Crippen LogP contribution in [0.5, 0.6) is 0 Å². The van der Waals surface area contributed by atoms with Crippen molar-refractivity contribution in [2.45, 2.75) is 57.6 Å². The molecule has 2 unspecified atom stereocenters. The average molecular weight is 363 g/mol. The van der Waals surface area contributed by atoms with Crippen LogP contribution in [-0.4, -0.2) is 41.7 Å². The molecule has 4 heteroatoms. The minimum Gasteiger partial charge on any atom is -0.355 e. The van der Waals surface area contributed by atoms with Gasteiger partial charge in [0.1, 0.15) is 0 Å². The molecule has 1 aliphatic rings. The van der Waals surface area contributed by atoms with Crippen molar-refractivity contribution in [3.8, 4) is 0 Å². The molecule has 0 aliphatic carbocycles. The zero-order valence-electron chi connectivity index (χ0n) is 16.2. The summed E-state index contributed by atoms with van der Waals surface area (Å²) in [5.41, 5.74) is 1.28. The molecule has 0 spiro atoms. The third-order valence-corrected chi connectivity index (χ3v) is 6.60. The fraction of sp³-hybridized carbons (Fsp3) is 0.667. The van der Waals surface area contributed by atoms with E-state index in [2.05, 4.69) is 62.2 Å². The molecule has 2 rings (SSSR count). The lowest BCUT2D eigenvalue weighted by Gasteiger charge is -2.35. The number of benzene rings is 1. The second kappa shape index (κ2) is 10.2. The van der Waals surface area contributed by atoms with Crippen LogP contribution in [0.3, 0.4) is 0 Å². The van der Waals surface area contributed by atoms with E-state index < -0.39 is 0 Å². The van der Waals surface area contributed by atoms with E-state index in [1.807, 2.05) is 6.07 Å². The smallest absolute Gasteiger partial charge is 0.233 e. The molecule has 25 heavy (non-hydrogen) atoms. The molecule has 0 bridgehead atoms. The van der Waals surface area contributed by atoms with Gasteiger partial charge < -0.3 is 10.2 Å². The first-order valence-electron chi connectivity index (χ1n) is 9.64. The Hall–Kier alpha value is -1.00. The van der Waals surface area contributed by atoms with Crippen LogP contribution in [0.4, 0.5) is 0 Å². The summed E-state index contributed by atoms with van der Waals surface area (Å²) in [6.45, 7) is 11.9. The van der Waals surface area contributed by atoms with Crippen molar-refractivity contribution in [1.29, 1.82) is 0 Å². The molecule has 0 radical (unpaired) electrons. The Balaban J connectivity index is 1.81. The van der Waals surface area contributed by atoms with Crippen molar-refractivity contribution in [3.05, 3.63) is 35.9 Å². The Morgan fingerprint density at radius 1 is 1.24 bits per heavy atom. The van der Waals surface area contributed by atoms with Crippen molar-refractivity contribution in [1.82, 2.24) is 10.2 Å². The zero-order chi connectivity index (χ0) is 18.2. The molecule has 1 aliphatic heterocycles. The highest BCUT2D eigenvalue weighted by molar-refractivity contribution is 7.99. The molecule has 3 nitrogen and oxygen atoms in total. The summed E-state index contributed by atoms with van der Waals surface area (Å²) in [6.07, 6.45) is 2.47. The minimum atomic E-state index is 0.0185. The molecule has 140 valence electrons. The van der Waals surface area contributed by atoms with Gasteiger partial charge in [-0.05, 0) is 50.6 Å². The number of nitrogens with one attached hydrogen (secondary N) is 1. The molecule has 1 saturated heterocycles. The molecule has 1 N–H and O–H groups in total. The summed E-state index contributed by atoms with van der Waals surface area (Å²) in [4.78, 5) is 15.3. The van der Waals surface area contributed by atoms with Gasteiger partial charge in [0.15, 0.2) is 0 Å². The van der Waals surface area contributed by atoms with Crippen LogP contribution in [0.2, 0.25) is 0 Å². The largest absolute Gasteiger partial charge is 0.355 e. The van der Waals surface area contributed by atoms with Crippen molar-refractivity contribution in [3.63, 3.8) is 0 Å². The van der Waals surface area contributed by atoms with Crippen molar-refractivity contribution in [2.24, 2.45) is 11.8 Å². The number of carbonyl (C=O) groups is 1. The molecule has 0 aromatic heterocycles. The summed E-state index contributed by atoms with van der Waals surface area (Å²) in [5.74, 6) is 2.03. The number of carbonyl (C=O) groups excluding carboxylic acids is 1. The third-order valence-electron chi connectivity index (χ3n) is 4.98. The molecular formula is C21H34N2OS. The topological polar surface area (TPSA) is 32.3 Å². The van der Waals surface area contributed by atoms with Gasteiger partial charge in [0.2, 0.25) is 5.91 Å². The highest BCUT2D eigenvalue weighted by Gasteiger charge is 2.25. The SMILES string of the molecule is CC(C)C(SCc1ccccc1)C(=O)NCC1CCCN(C(C)C)C1. The number of hydrogen-bond donors (Lipinski definition) is 1. The first-order valence-corrected chi connectivity index (χ1v) is 10.7. The number of thioether (sulfide) groups is 1. The lowest BCUT2D eigenvalue weighted by molar-refractivity contribution is -0.121. The second-order valence-electron chi connectivity index (χ2n) is 7.80. The third kappa shape index (κ3) is 6.67. The molecule has 1 aromatic rings. The Kier molecular flexibility index (Phi) is 8.31. The average Bonchev–Trinajstić information content (AvgIpc) is 2.61. The second-order valence-corrected chi connectivity index (χ2v) is 8.93. The number of piperidine rings is 1. The highest BCUT2D eigenvalue weighted by Crippen LogP contribution is 2.24. The van der Waals surface area contributed by atoms with Gasteiger partial charge in [-0.15, -0.1) is 11.8 Å². The van der Waals surface area contributed by atoms with Gasteiger partial charge in [0, 0.05) is 24.9 Å². The lowest BCUT2D eigenvalue weighted by atomic mass is 9.97. The Morgan fingerprint density at radius 3 is 2.60 bits per heavy atom. The predicted molar refractivity (Wildman–Crippen MR) is 109 cm³/mol. The molecule has 0 saturated carbocycles. The maximum absolute atomic E-state index is 12.7. The van der Waals surface area contributed by atoms with Crippen molar-refractivity contribution in [2.75, 3.05) is 19.6 Å². The van der Waals surface area contributed by atoms with Gasteiger partial charge in [0.25, 0.3) is 0 Å². The van der Waals surface area contributed by atoms with Crippen LogP contribution in [-0.2, 0) is 10.5 Å². The monoisotopic (exact) mass is 362 g/mol. The zero-order valence-corrected chi connectivity index (χ0v) is 17.0. The molecule has 1 aromatic carbocycles. The van der Waals surface area contributed by atoms with Crippen LogP contribution in [0.15, 0.2) is 30.3 Å². The fourth-order valence-electron chi connectivity index (χ4n) is 3.41. The van der Waals surface area contributed by atoms with E-state index in [-0.39, 0.29) is 11.2 Å². The van der Waals surface area contributed by atoms with E-state index in [0.29, 0.717) is 17.9 Å². The molecular weight excluding hydrogens is 328 g/mol. The predicted octanol–water partition coefficient (Wildman–Crippen LogP) is 4.18. The Morgan fingerprint density at radius 2 is 1.96 bits per heavy atom. The number of hydrogen-bond acceptors (Lipinski definition) is 3. The maximum atomic E-state index is 12.7. The molecule has 2 atom stereocenters. The van der Waals surface area contributed by atoms with E-state index in [1.54, 1.807) is 11.8 Å². The summed E-state index contributed by atoms with van der Waals surface area (Å²) >= 11 is 1.76. The van der Waals surface area contributed by atoms with Crippen LogP contribution in [0.1, 0.15) is 46.1 Å². The maximum Gasteiger partial charge on any atom is 0.233 e. The van der Waals surface area contributed by atoms with E-state index in [0.717, 1.165) is 18.8 Å². The lowest BCUT2D eigenvalue weighted by Crippen LogP contribution is -2.45. The van der Waals surface area contributed by atoms with Gasteiger partial charge in [-0.3, -0.25) is 4.79 Å². The number of rotatable bonds is 8. The normalized spacial score (nSPS) is 20.0. The van der Waals surface area contributed by atoms with Crippen LogP contribution in [0.25, 0.3) is 0 Å². The Labute approximate surface area is 157 Å². The van der Waals surface area contributed by atoms with E-state index >= 15 is 0 Å². The summed E-state index contributed by atoms with van der Waals surface area (Å²) in [7, 11) is 0. The first-order chi connectivity index (χ1) is 12.0. The number of amides is 1. The summed E-state index contributed by atoms with van der Waals surface area (Å²) in [5, 5.41) is 3.26. The number of likely N-dealkylation sites (tertiary alicyclic amines) is 1. The van der Waals surface area contributed by atoms with Gasteiger partial charge >= 0.3 is 0 Å². The van der Waals surface area contributed by atoms with Gasteiger partial charge in [-0.1, -0.05) is 44.2 Å². The highest BCUT2D eigenvalue weighted by atomic mass is 32.2. The number of nitrogens with zero attached hydrogens (tertiary/aromatic N) is 1. The Bertz CT molecular complexity index is 518. The van der Waals surface area contributed by atoms with E-state index in [4.69, 9.17) is 0 Å². The van der Waals surface area contributed by atoms with Gasteiger partial charge in [0.05, 0.1) is 5.25 Å². The van der Waals surface area contributed by atoms with Gasteiger partial charge in [-0.2, -0.15) is 0 Å². The molecule has 1 heterocycles. The standard InChI is InChI=1S/C21H34N2OS/c1-16(2)20(25-15-18-9-6-5-7-10-18)21(24)22-13-19-11-8-12-23(14-19)17(3)4/h5-7,9-10,16-17,19-20H,8,11-15H2,1-4H3,(H,22,24). The van der Waals surface area contributed by atoms with Crippen molar-refractivity contribution >= 4 is 17.7 Å².